The topological polar surface area (TPSA) is 20.2 Å². The highest BCUT2D eigenvalue weighted by atomic mass is 16.3. The average Bonchev–Trinajstić information content (AvgIpc) is 2.01. The van der Waals surface area contributed by atoms with Crippen molar-refractivity contribution in [2.24, 2.45) is 11.3 Å². The van der Waals surface area contributed by atoms with Crippen molar-refractivity contribution in [1.82, 2.24) is 0 Å². The molecule has 0 aliphatic heterocycles. The Hall–Kier alpha value is -0.560. The van der Waals surface area contributed by atoms with E-state index in [0.717, 1.165) is 31.6 Å². The highest BCUT2D eigenvalue weighted by Gasteiger charge is 2.41. The molecular formula is C12H18O. The zero-order chi connectivity index (χ0) is 9.47. The lowest BCUT2D eigenvalue weighted by Crippen LogP contribution is -2.37. The molecule has 0 atom stereocenters. The number of rotatable bonds is 1. The predicted octanol–water partition coefficient (Wildman–Crippen LogP) is 2.67. The number of allylic oxidation sites excluding steroid dienone is 2. The molecule has 0 aromatic heterocycles. The summed E-state index contributed by atoms with van der Waals surface area (Å²) in [5.41, 5.74) is 2.78. The van der Waals surface area contributed by atoms with Gasteiger partial charge in [-0.3, -0.25) is 0 Å². The lowest BCUT2D eigenvalue weighted by Gasteiger charge is -2.45. The van der Waals surface area contributed by atoms with Crippen molar-refractivity contribution in [3.63, 3.8) is 0 Å². The van der Waals surface area contributed by atoms with Gasteiger partial charge in [0.15, 0.2) is 0 Å². The van der Waals surface area contributed by atoms with E-state index < -0.39 is 0 Å². The van der Waals surface area contributed by atoms with Crippen LogP contribution in [0.3, 0.4) is 0 Å². The molecule has 2 rings (SSSR count). The first-order valence-corrected chi connectivity index (χ1v) is 5.08. The molecule has 1 nitrogen and oxygen atoms in total. The quantitative estimate of drug-likeness (QED) is 0.612. The standard InChI is InChI=1S/C12H18O/c1-9-3-11-4-10(2)6-12(5-9,7-11)8-13/h11,13H,1-8H2. The Labute approximate surface area is 80.2 Å². The zero-order valence-electron chi connectivity index (χ0n) is 8.18. The van der Waals surface area contributed by atoms with E-state index >= 15 is 0 Å². The second kappa shape index (κ2) is 2.98. The summed E-state index contributed by atoms with van der Waals surface area (Å²) in [6, 6.07) is 0. The number of aliphatic hydroxyl groups excluding tert-OH is 1. The van der Waals surface area contributed by atoms with Crippen LogP contribution in [-0.2, 0) is 0 Å². The van der Waals surface area contributed by atoms with Gasteiger partial charge >= 0.3 is 0 Å². The van der Waals surface area contributed by atoms with E-state index in [2.05, 4.69) is 13.2 Å². The van der Waals surface area contributed by atoms with Crippen molar-refractivity contribution in [3.05, 3.63) is 24.3 Å². The Kier molecular flexibility index (Phi) is 2.07. The highest BCUT2D eigenvalue weighted by molar-refractivity contribution is 5.17. The summed E-state index contributed by atoms with van der Waals surface area (Å²) in [5, 5.41) is 9.45. The second-order valence-corrected chi connectivity index (χ2v) is 4.99. The van der Waals surface area contributed by atoms with Gasteiger partial charge < -0.3 is 5.11 Å². The molecule has 1 heteroatoms. The fourth-order valence-corrected chi connectivity index (χ4v) is 3.23. The number of fused-ring (bicyclic) bond motifs is 2. The predicted molar refractivity (Wildman–Crippen MR) is 54.4 cm³/mol. The Morgan fingerprint density at radius 1 is 1.23 bits per heavy atom. The maximum atomic E-state index is 9.45. The molecule has 2 aliphatic rings. The first-order valence-electron chi connectivity index (χ1n) is 5.08. The highest BCUT2D eigenvalue weighted by Crippen LogP contribution is 2.51. The minimum absolute atomic E-state index is 0.120. The summed E-state index contributed by atoms with van der Waals surface area (Å²) in [4.78, 5) is 0. The van der Waals surface area contributed by atoms with Crippen LogP contribution in [0.15, 0.2) is 24.3 Å². The van der Waals surface area contributed by atoms with Crippen molar-refractivity contribution in [2.75, 3.05) is 6.61 Å². The van der Waals surface area contributed by atoms with E-state index in [9.17, 15) is 5.11 Å². The van der Waals surface area contributed by atoms with Gasteiger partial charge in [-0.05, 0) is 38.0 Å². The van der Waals surface area contributed by atoms with Crippen LogP contribution >= 0.6 is 0 Å². The van der Waals surface area contributed by atoms with Gasteiger partial charge in [0.05, 0.1) is 0 Å². The zero-order valence-corrected chi connectivity index (χ0v) is 8.18. The molecule has 0 aromatic carbocycles. The molecular weight excluding hydrogens is 160 g/mol. The molecule has 0 radical (unpaired) electrons. The fourth-order valence-electron chi connectivity index (χ4n) is 3.23. The monoisotopic (exact) mass is 178 g/mol. The van der Waals surface area contributed by atoms with Crippen molar-refractivity contribution < 1.29 is 5.11 Å². The number of aliphatic hydroxyl groups is 1. The third kappa shape index (κ3) is 1.58. The number of hydrogen-bond donors (Lipinski definition) is 1. The van der Waals surface area contributed by atoms with E-state index in [0.29, 0.717) is 6.61 Å². The lowest BCUT2D eigenvalue weighted by atomic mass is 9.60. The Morgan fingerprint density at radius 2 is 1.77 bits per heavy atom. The van der Waals surface area contributed by atoms with Gasteiger partial charge in [-0.15, -0.1) is 0 Å². The molecule has 0 aromatic rings. The first kappa shape index (κ1) is 9.01. The fraction of sp³-hybridized carbons (Fsp3) is 0.667. The summed E-state index contributed by atoms with van der Waals surface area (Å²) in [6.45, 7) is 8.45. The van der Waals surface area contributed by atoms with Gasteiger partial charge in [-0.2, -0.15) is 0 Å². The van der Waals surface area contributed by atoms with Crippen LogP contribution in [0.25, 0.3) is 0 Å². The maximum Gasteiger partial charge on any atom is 0.0493 e. The van der Waals surface area contributed by atoms with E-state index in [1.807, 2.05) is 0 Å². The normalized spacial score (nSPS) is 39.3. The molecule has 0 saturated heterocycles. The van der Waals surface area contributed by atoms with Crippen molar-refractivity contribution in [3.8, 4) is 0 Å². The average molecular weight is 178 g/mol. The SMILES string of the molecule is C=C1CC2CC(=C)CC(CO)(C1)C2. The van der Waals surface area contributed by atoms with Gasteiger partial charge in [0.2, 0.25) is 0 Å². The molecule has 0 spiro atoms. The molecule has 72 valence electrons. The van der Waals surface area contributed by atoms with Gasteiger partial charge in [-0.25, -0.2) is 0 Å². The van der Waals surface area contributed by atoms with Crippen LogP contribution in [-0.4, -0.2) is 11.7 Å². The van der Waals surface area contributed by atoms with Gasteiger partial charge in [0, 0.05) is 12.0 Å². The van der Waals surface area contributed by atoms with Crippen molar-refractivity contribution in [2.45, 2.75) is 32.1 Å². The molecule has 2 bridgehead atoms. The molecule has 1 N–H and O–H groups in total. The molecule has 0 unspecified atom stereocenters. The Balaban J connectivity index is 2.23. The summed E-state index contributed by atoms with van der Waals surface area (Å²) < 4.78 is 0. The van der Waals surface area contributed by atoms with Crippen LogP contribution in [0.4, 0.5) is 0 Å². The summed E-state index contributed by atoms with van der Waals surface area (Å²) in [7, 11) is 0. The van der Waals surface area contributed by atoms with E-state index in [-0.39, 0.29) is 5.41 Å². The molecule has 0 amide bonds. The minimum Gasteiger partial charge on any atom is -0.396 e. The van der Waals surface area contributed by atoms with Gasteiger partial charge in [0.1, 0.15) is 0 Å². The number of hydrogen-bond acceptors (Lipinski definition) is 1. The third-order valence-corrected chi connectivity index (χ3v) is 3.46. The van der Waals surface area contributed by atoms with E-state index in [1.54, 1.807) is 0 Å². The van der Waals surface area contributed by atoms with Gasteiger partial charge in [0.25, 0.3) is 0 Å². The second-order valence-electron chi connectivity index (χ2n) is 4.99. The van der Waals surface area contributed by atoms with Gasteiger partial charge in [-0.1, -0.05) is 24.3 Å². The van der Waals surface area contributed by atoms with Crippen LogP contribution in [0.2, 0.25) is 0 Å². The summed E-state index contributed by atoms with van der Waals surface area (Å²) in [6.07, 6.45) is 5.52. The third-order valence-electron chi connectivity index (χ3n) is 3.46. The van der Waals surface area contributed by atoms with E-state index in [1.165, 1.54) is 17.6 Å². The molecule has 0 heterocycles. The molecule has 2 saturated carbocycles. The largest absolute Gasteiger partial charge is 0.396 e. The first-order chi connectivity index (χ1) is 6.13. The molecule has 2 fully saturated rings. The van der Waals surface area contributed by atoms with Crippen molar-refractivity contribution >= 4 is 0 Å². The summed E-state index contributed by atoms with van der Waals surface area (Å²) >= 11 is 0. The van der Waals surface area contributed by atoms with E-state index in [4.69, 9.17) is 0 Å². The minimum atomic E-state index is 0.120. The lowest BCUT2D eigenvalue weighted by molar-refractivity contribution is 0.0598. The van der Waals surface area contributed by atoms with Crippen LogP contribution < -0.4 is 0 Å². The maximum absolute atomic E-state index is 9.45. The molecule has 2 aliphatic carbocycles. The van der Waals surface area contributed by atoms with Crippen LogP contribution in [0.1, 0.15) is 32.1 Å². The summed E-state index contributed by atoms with van der Waals surface area (Å²) in [5.74, 6) is 0.717. The molecule has 13 heavy (non-hydrogen) atoms. The Bertz CT molecular complexity index is 232. The van der Waals surface area contributed by atoms with Crippen molar-refractivity contribution in [1.29, 1.82) is 0 Å². The van der Waals surface area contributed by atoms with Crippen LogP contribution in [0.5, 0.6) is 0 Å². The Morgan fingerprint density at radius 3 is 2.23 bits per heavy atom. The van der Waals surface area contributed by atoms with Crippen LogP contribution in [0, 0.1) is 11.3 Å². The smallest absolute Gasteiger partial charge is 0.0493 e.